The summed E-state index contributed by atoms with van der Waals surface area (Å²) in [6.45, 7) is 6.38. The molecule has 3 aliphatic heterocycles. The third kappa shape index (κ3) is 8.24. The van der Waals surface area contributed by atoms with Crippen LogP contribution in [0.2, 0.25) is 5.02 Å². The van der Waals surface area contributed by atoms with Crippen molar-refractivity contribution < 1.29 is 52.8 Å². The number of amides is 3. The van der Waals surface area contributed by atoms with Crippen LogP contribution in [-0.2, 0) is 44.6 Å². The summed E-state index contributed by atoms with van der Waals surface area (Å²) in [6.07, 6.45) is 0.754. The van der Waals surface area contributed by atoms with Crippen molar-refractivity contribution in [3.63, 3.8) is 0 Å². The maximum Gasteiger partial charge on any atom is 0.409 e. The fraction of sp³-hybridized carbons (Fsp3) is 0.588. The molecule has 1 aromatic carbocycles. The highest BCUT2D eigenvalue weighted by Crippen LogP contribution is 2.49. The Bertz CT molecular complexity index is 1540. The van der Waals surface area contributed by atoms with Gasteiger partial charge >= 0.3 is 12.1 Å². The van der Waals surface area contributed by atoms with Crippen LogP contribution in [0.25, 0.3) is 0 Å². The lowest BCUT2D eigenvalue weighted by Gasteiger charge is -2.42. The van der Waals surface area contributed by atoms with E-state index in [1.807, 2.05) is 13.0 Å². The number of nitrogens with two attached hydrogens (primary N) is 1. The Morgan fingerprint density at radius 1 is 1.28 bits per heavy atom. The Labute approximate surface area is 296 Å². The summed E-state index contributed by atoms with van der Waals surface area (Å²) in [5.41, 5.74) is -0.992. The molecule has 50 heavy (non-hydrogen) atoms. The van der Waals surface area contributed by atoms with Crippen LogP contribution < -0.4 is 20.9 Å². The van der Waals surface area contributed by atoms with E-state index in [0.29, 0.717) is 17.9 Å². The van der Waals surface area contributed by atoms with Gasteiger partial charge in [0.15, 0.2) is 5.72 Å². The number of carbonyl (C=O) groups is 4. The number of benzene rings is 1. The first-order valence-corrected chi connectivity index (χ1v) is 16.5. The molecule has 16 heteroatoms. The second-order valence-electron chi connectivity index (χ2n) is 13.2. The number of aliphatic hydroxyl groups is 1. The predicted molar refractivity (Wildman–Crippen MR) is 181 cm³/mol. The maximum absolute atomic E-state index is 14.0. The van der Waals surface area contributed by atoms with Crippen molar-refractivity contribution in [2.24, 2.45) is 11.8 Å². The van der Waals surface area contributed by atoms with Crippen LogP contribution in [-0.4, -0.2) is 111 Å². The summed E-state index contributed by atoms with van der Waals surface area (Å²) >= 11 is 6.72. The number of likely N-dealkylation sites (N-methyl/N-ethyl adjacent to an activating group) is 1. The molecule has 4 N–H and O–H groups in total. The smallest absolute Gasteiger partial charge is 0.409 e. The highest BCUT2D eigenvalue weighted by atomic mass is 35.5. The van der Waals surface area contributed by atoms with E-state index in [4.69, 9.17) is 41.2 Å². The number of esters is 1. The standard InChI is InChI=1S/C34H47ClN4O11/c1-18-10-9-11-25(46-8)34(44)16-24(48-32(43)37-34)19(2)30-33(4,50-30)26(49-31(42)20(3)38(5)28(41)17-47-36)15-27(40)39(6)22-13-21(12-18)14-23(45-7)29(22)35/h9-11,13-14,19-20,24-26,30,44H,12,15-17,36H2,1-8H3,(H,37,43)/b11-9+,18-10+. The van der Waals surface area contributed by atoms with Crippen molar-refractivity contribution in [2.45, 2.75) is 88.7 Å². The van der Waals surface area contributed by atoms with E-state index in [1.165, 1.54) is 33.1 Å². The van der Waals surface area contributed by atoms with E-state index in [-0.39, 0.29) is 17.9 Å². The molecule has 3 aliphatic rings. The van der Waals surface area contributed by atoms with Crippen LogP contribution in [0.15, 0.2) is 35.9 Å². The molecule has 8 unspecified atom stereocenters. The van der Waals surface area contributed by atoms with E-state index < -0.39 is 78.2 Å². The molecule has 4 bridgehead atoms. The fourth-order valence-corrected chi connectivity index (χ4v) is 6.70. The van der Waals surface area contributed by atoms with E-state index >= 15 is 0 Å². The lowest BCUT2D eigenvalue weighted by molar-refractivity contribution is -0.162. The lowest BCUT2D eigenvalue weighted by Crippen LogP contribution is -2.63. The first-order chi connectivity index (χ1) is 23.5. The molecule has 0 saturated carbocycles. The molecule has 3 heterocycles. The molecular formula is C34H47ClN4O11. The molecule has 3 amide bonds. The van der Waals surface area contributed by atoms with Crippen molar-refractivity contribution in [1.29, 1.82) is 0 Å². The molecule has 276 valence electrons. The number of nitrogens with zero attached hydrogens (tertiary/aromatic N) is 2. The maximum atomic E-state index is 14.0. The monoisotopic (exact) mass is 722 g/mol. The number of anilines is 1. The van der Waals surface area contributed by atoms with Crippen molar-refractivity contribution in [3.8, 4) is 5.75 Å². The zero-order valence-electron chi connectivity index (χ0n) is 29.6. The first-order valence-electron chi connectivity index (χ1n) is 16.2. The van der Waals surface area contributed by atoms with Gasteiger partial charge in [-0.05, 0) is 44.9 Å². The van der Waals surface area contributed by atoms with Crippen LogP contribution in [0.3, 0.4) is 0 Å². The molecule has 1 aromatic rings. The number of ether oxygens (including phenoxy) is 5. The predicted octanol–water partition coefficient (Wildman–Crippen LogP) is 2.40. The molecule has 15 nitrogen and oxygen atoms in total. The number of alkyl carbamates (subject to hydrolysis) is 1. The Hall–Kier alpha value is -3.73. The molecule has 0 aromatic heterocycles. The van der Waals surface area contributed by atoms with Crippen molar-refractivity contribution in [3.05, 3.63) is 46.5 Å². The molecule has 2 saturated heterocycles. The Morgan fingerprint density at radius 2 is 1.98 bits per heavy atom. The third-order valence-electron chi connectivity index (χ3n) is 9.73. The van der Waals surface area contributed by atoms with Gasteiger partial charge in [-0.15, -0.1) is 0 Å². The van der Waals surface area contributed by atoms with Gasteiger partial charge in [-0.2, -0.15) is 0 Å². The summed E-state index contributed by atoms with van der Waals surface area (Å²) in [5.74, 6) is 3.03. The zero-order chi connectivity index (χ0) is 37.1. The van der Waals surface area contributed by atoms with Gasteiger partial charge in [0.2, 0.25) is 5.91 Å². The zero-order valence-corrected chi connectivity index (χ0v) is 30.3. The molecule has 2 fully saturated rings. The number of halogens is 1. The first kappa shape index (κ1) is 39.1. The number of fused-ring (bicyclic) bond motifs is 5. The van der Waals surface area contributed by atoms with E-state index in [2.05, 4.69) is 10.2 Å². The molecule has 4 rings (SSSR count). The van der Waals surface area contributed by atoms with Gasteiger partial charge in [0.1, 0.15) is 47.3 Å². The van der Waals surface area contributed by atoms with Gasteiger partial charge in [-0.3, -0.25) is 19.7 Å². The largest absolute Gasteiger partial charge is 0.495 e. The number of allylic oxidation sites excluding steroid dienone is 3. The summed E-state index contributed by atoms with van der Waals surface area (Å²) in [6, 6.07) is 2.47. The van der Waals surface area contributed by atoms with Crippen LogP contribution in [0.5, 0.6) is 5.75 Å². The van der Waals surface area contributed by atoms with Gasteiger partial charge < -0.3 is 38.6 Å². The van der Waals surface area contributed by atoms with Gasteiger partial charge in [-0.25, -0.2) is 15.5 Å². The lowest BCUT2D eigenvalue weighted by atomic mass is 9.83. The van der Waals surface area contributed by atoms with E-state index in [0.717, 1.165) is 16.0 Å². The minimum Gasteiger partial charge on any atom is -0.495 e. The fourth-order valence-electron chi connectivity index (χ4n) is 6.39. The SMILES string of the molecule is COc1cc2cc(c1Cl)N(C)C(=O)CC(OC(=O)C(C)N(C)C(=O)CON)C1(C)OC1C(C)C1CC(O)(NC(=O)O1)C(OC)/C=C/C=C(\C)C2. The van der Waals surface area contributed by atoms with Crippen molar-refractivity contribution in [2.75, 3.05) is 39.8 Å². The number of methoxy groups -OCH3 is 2. The summed E-state index contributed by atoms with van der Waals surface area (Å²) in [7, 11) is 5.84. The Morgan fingerprint density at radius 3 is 2.62 bits per heavy atom. The van der Waals surface area contributed by atoms with Crippen LogP contribution >= 0.6 is 11.6 Å². The summed E-state index contributed by atoms with van der Waals surface area (Å²) in [4.78, 5) is 59.6. The minimum atomic E-state index is -1.84. The second kappa shape index (κ2) is 15.7. The summed E-state index contributed by atoms with van der Waals surface area (Å²) < 4.78 is 28.9. The highest BCUT2D eigenvalue weighted by Gasteiger charge is 2.64. The number of hydrogen-bond acceptors (Lipinski definition) is 12. The van der Waals surface area contributed by atoms with Gasteiger partial charge in [0.05, 0.1) is 25.3 Å². The number of carbonyl (C=O) groups excluding carboxylic acids is 4. The van der Waals surface area contributed by atoms with Crippen LogP contribution in [0.4, 0.5) is 10.5 Å². The van der Waals surface area contributed by atoms with Crippen molar-refractivity contribution >= 4 is 41.2 Å². The van der Waals surface area contributed by atoms with E-state index in [1.54, 1.807) is 45.2 Å². The molecule has 8 atom stereocenters. The van der Waals surface area contributed by atoms with Gasteiger partial charge in [-0.1, -0.05) is 42.3 Å². The Balaban J connectivity index is 1.78. The molecular weight excluding hydrogens is 676 g/mol. The highest BCUT2D eigenvalue weighted by molar-refractivity contribution is 6.35. The topological polar surface area (TPSA) is 192 Å². The van der Waals surface area contributed by atoms with Crippen LogP contribution in [0.1, 0.15) is 46.1 Å². The Kier molecular flexibility index (Phi) is 12.2. The summed E-state index contributed by atoms with van der Waals surface area (Å²) in [5, 5.41) is 14.4. The number of hydrogen-bond donors (Lipinski definition) is 3. The molecule has 0 aliphatic carbocycles. The van der Waals surface area contributed by atoms with Crippen LogP contribution in [0, 0.1) is 5.92 Å². The average Bonchev–Trinajstić information content (AvgIpc) is 3.76. The van der Waals surface area contributed by atoms with E-state index in [9.17, 15) is 24.3 Å². The molecule has 0 radical (unpaired) electrons. The average molecular weight is 723 g/mol. The normalized spacial score (nSPS) is 32.3. The number of epoxide rings is 1. The minimum absolute atomic E-state index is 0.0647. The molecule has 0 spiro atoms. The quantitative estimate of drug-likeness (QED) is 0.212. The number of nitrogens with one attached hydrogen (secondary N) is 1. The van der Waals surface area contributed by atoms with Gasteiger partial charge in [0.25, 0.3) is 5.91 Å². The second-order valence-corrected chi connectivity index (χ2v) is 13.6. The van der Waals surface area contributed by atoms with Crippen molar-refractivity contribution in [1.82, 2.24) is 10.2 Å². The third-order valence-corrected chi connectivity index (χ3v) is 10.1. The number of rotatable bonds is 7. The van der Waals surface area contributed by atoms with Gasteiger partial charge in [0, 0.05) is 33.5 Å².